The molecule has 0 unspecified atom stereocenters. The molecule has 1 aromatic rings. The lowest BCUT2D eigenvalue weighted by molar-refractivity contribution is 0.314. The first-order valence-electron chi connectivity index (χ1n) is 4.97. The quantitative estimate of drug-likeness (QED) is 0.592. The molecule has 0 aromatic heterocycles. The zero-order valence-electron chi connectivity index (χ0n) is 9.13. The molecule has 1 nitrogen and oxygen atoms in total. The fourth-order valence-corrected chi connectivity index (χ4v) is 1.52. The van der Waals surface area contributed by atoms with E-state index in [1.54, 1.807) is 0 Å². The first-order valence-corrected chi connectivity index (χ1v) is 5.60. The van der Waals surface area contributed by atoms with Gasteiger partial charge in [0.05, 0.1) is 6.61 Å². The van der Waals surface area contributed by atoms with Crippen LogP contribution in [0.1, 0.15) is 23.1 Å². The summed E-state index contributed by atoms with van der Waals surface area (Å²) in [6.45, 7) is 7.07. The minimum absolute atomic E-state index is 0.759. The van der Waals surface area contributed by atoms with Crippen molar-refractivity contribution in [3.63, 3.8) is 0 Å². The second-order valence-corrected chi connectivity index (χ2v) is 4.03. The van der Waals surface area contributed by atoms with Gasteiger partial charge in [-0.1, -0.05) is 12.1 Å². The van der Waals surface area contributed by atoms with Crippen LogP contribution in [-0.4, -0.2) is 12.4 Å². The minimum Gasteiger partial charge on any atom is -0.493 e. The van der Waals surface area contributed by atoms with Crippen LogP contribution in [0.25, 0.3) is 0 Å². The van der Waals surface area contributed by atoms with Crippen molar-refractivity contribution in [3.8, 4) is 5.75 Å². The molecular weight excluding hydrogens is 192 g/mol. The van der Waals surface area contributed by atoms with Crippen LogP contribution in [0.5, 0.6) is 5.75 Å². The lowest BCUT2D eigenvalue weighted by Crippen LogP contribution is -2.02. The average Bonchev–Trinajstić information content (AvgIpc) is 2.18. The van der Waals surface area contributed by atoms with Gasteiger partial charge in [0.2, 0.25) is 0 Å². The maximum atomic E-state index is 5.74. The zero-order valence-corrected chi connectivity index (χ0v) is 10.0. The lowest BCUT2D eigenvalue weighted by Gasteiger charge is -2.13. The normalized spacial score (nSPS) is 10.3. The number of hydrogen-bond donors (Lipinski definition) is 1. The van der Waals surface area contributed by atoms with Crippen LogP contribution in [0.4, 0.5) is 0 Å². The predicted octanol–water partition coefficient (Wildman–Crippen LogP) is 3.31. The molecule has 14 heavy (non-hydrogen) atoms. The first-order chi connectivity index (χ1) is 6.66. The van der Waals surface area contributed by atoms with Gasteiger partial charge in [0.1, 0.15) is 5.75 Å². The van der Waals surface area contributed by atoms with Gasteiger partial charge >= 0.3 is 0 Å². The Bertz CT molecular complexity index is 307. The molecule has 0 atom stereocenters. The molecule has 1 aromatic carbocycles. The van der Waals surface area contributed by atoms with Crippen molar-refractivity contribution in [2.24, 2.45) is 0 Å². The SMILES string of the molecule is Cc1ccc(C)c(OCCCS)c1C. The molecule has 0 bridgehead atoms. The van der Waals surface area contributed by atoms with Gasteiger partial charge in [0.15, 0.2) is 0 Å². The van der Waals surface area contributed by atoms with Crippen LogP contribution in [0.3, 0.4) is 0 Å². The number of rotatable bonds is 4. The summed E-state index contributed by atoms with van der Waals surface area (Å²) in [4.78, 5) is 0. The standard InChI is InChI=1S/C12H18OS/c1-9-5-6-10(2)12(11(9)3)13-7-4-8-14/h5-6,14H,4,7-8H2,1-3H3. The van der Waals surface area contributed by atoms with E-state index in [0.29, 0.717) is 0 Å². The van der Waals surface area contributed by atoms with Crippen LogP contribution in [0.15, 0.2) is 12.1 Å². The van der Waals surface area contributed by atoms with Crippen molar-refractivity contribution in [1.82, 2.24) is 0 Å². The van der Waals surface area contributed by atoms with E-state index in [-0.39, 0.29) is 0 Å². The molecule has 0 saturated heterocycles. The van der Waals surface area contributed by atoms with Crippen LogP contribution < -0.4 is 4.74 Å². The van der Waals surface area contributed by atoms with Gasteiger partial charge < -0.3 is 4.74 Å². The summed E-state index contributed by atoms with van der Waals surface area (Å²) >= 11 is 4.16. The molecule has 0 amide bonds. The van der Waals surface area contributed by atoms with Crippen molar-refractivity contribution in [2.75, 3.05) is 12.4 Å². The van der Waals surface area contributed by atoms with Crippen LogP contribution in [0.2, 0.25) is 0 Å². The van der Waals surface area contributed by atoms with Crippen molar-refractivity contribution >= 4 is 12.6 Å². The molecule has 78 valence electrons. The molecule has 0 saturated carbocycles. The highest BCUT2D eigenvalue weighted by Gasteiger charge is 2.05. The smallest absolute Gasteiger partial charge is 0.125 e. The van der Waals surface area contributed by atoms with E-state index in [4.69, 9.17) is 4.74 Å². The number of aryl methyl sites for hydroxylation is 2. The van der Waals surface area contributed by atoms with Gasteiger partial charge in [-0.2, -0.15) is 12.6 Å². The fraction of sp³-hybridized carbons (Fsp3) is 0.500. The second kappa shape index (κ2) is 5.30. The van der Waals surface area contributed by atoms with E-state index in [0.717, 1.165) is 24.5 Å². The summed E-state index contributed by atoms with van der Waals surface area (Å²) in [6, 6.07) is 4.24. The van der Waals surface area contributed by atoms with Crippen LogP contribution in [-0.2, 0) is 0 Å². The Kier molecular flexibility index (Phi) is 4.33. The number of ether oxygens (including phenoxy) is 1. The third-order valence-corrected chi connectivity index (χ3v) is 2.74. The second-order valence-electron chi connectivity index (χ2n) is 3.58. The van der Waals surface area contributed by atoms with Gasteiger partial charge in [-0.25, -0.2) is 0 Å². The number of thiol groups is 1. The maximum absolute atomic E-state index is 5.74. The van der Waals surface area contributed by atoms with Crippen LogP contribution in [0, 0.1) is 20.8 Å². The third kappa shape index (κ3) is 2.68. The van der Waals surface area contributed by atoms with Gasteiger partial charge in [0.25, 0.3) is 0 Å². The van der Waals surface area contributed by atoms with Crippen molar-refractivity contribution in [1.29, 1.82) is 0 Å². The van der Waals surface area contributed by atoms with Crippen molar-refractivity contribution in [3.05, 3.63) is 28.8 Å². The molecule has 0 aliphatic heterocycles. The van der Waals surface area contributed by atoms with Crippen molar-refractivity contribution in [2.45, 2.75) is 27.2 Å². The molecule has 0 radical (unpaired) electrons. The molecule has 0 heterocycles. The summed E-state index contributed by atoms with van der Waals surface area (Å²) < 4.78 is 5.74. The van der Waals surface area contributed by atoms with E-state index in [9.17, 15) is 0 Å². The predicted molar refractivity (Wildman–Crippen MR) is 64.6 cm³/mol. The summed E-state index contributed by atoms with van der Waals surface area (Å²) in [5.41, 5.74) is 3.76. The molecule has 0 spiro atoms. The van der Waals surface area contributed by atoms with Gasteiger partial charge in [0, 0.05) is 0 Å². The first kappa shape index (κ1) is 11.4. The monoisotopic (exact) mass is 210 g/mol. The van der Waals surface area contributed by atoms with E-state index in [1.807, 2.05) is 0 Å². The van der Waals surface area contributed by atoms with E-state index >= 15 is 0 Å². The van der Waals surface area contributed by atoms with Gasteiger partial charge in [-0.3, -0.25) is 0 Å². The molecule has 0 aliphatic carbocycles. The highest BCUT2D eigenvalue weighted by atomic mass is 32.1. The Labute approximate surface area is 91.9 Å². The molecule has 0 aliphatic rings. The largest absolute Gasteiger partial charge is 0.493 e. The number of hydrogen-bond acceptors (Lipinski definition) is 2. The highest BCUT2D eigenvalue weighted by Crippen LogP contribution is 2.25. The molecule has 0 fully saturated rings. The Balaban J connectivity index is 2.79. The lowest BCUT2D eigenvalue weighted by atomic mass is 10.1. The maximum Gasteiger partial charge on any atom is 0.125 e. The van der Waals surface area contributed by atoms with Gasteiger partial charge in [-0.05, 0) is 49.6 Å². The number of benzene rings is 1. The minimum atomic E-state index is 0.759. The molecular formula is C12H18OS. The molecule has 1 rings (SSSR count). The van der Waals surface area contributed by atoms with Crippen molar-refractivity contribution < 1.29 is 4.74 Å². The molecule has 2 heteroatoms. The molecule has 0 N–H and O–H groups in total. The highest BCUT2D eigenvalue weighted by molar-refractivity contribution is 7.80. The fourth-order valence-electron chi connectivity index (χ4n) is 1.39. The van der Waals surface area contributed by atoms with E-state index < -0.39 is 0 Å². The summed E-state index contributed by atoms with van der Waals surface area (Å²) in [5, 5.41) is 0. The van der Waals surface area contributed by atoms with E-state index in [1.165, 1.54) is 16.7 Å². The Morgan fingerprint density at radius 3 is 2.43 bits per heavy atom. The summed E-state index contributed by atoms with van der Waals surface area (Å²) in [7, 11) is 0. The zero-order chi connectivity index (χ0) is 10.6. The van der Waals surface area contributed by atoms with E-state index in [2.05, 4.69) is 45.5 Å². The Morgan fingerprint density at radius 2 is 1.79 bits per heavy atom. The van der Waals surface area contributed by atoms with Gasteiger partial charge in [-0.15, -0.1) is 0 Å². The Morgan fingerprint density at radius 1 is 1.14 bits per heavy atom. The summed E-state index contributed by atoms with van der Waals surface area (Å²) in [5.74, 6) is 1.93. The summed E-state index contributed by atoms with van der Waals surface area (Å²) in [6.07, 6.45) is 0.996. The average molecular weight is 210 g/mol. The topological polar surface area (TPSA) is 9.23 Å². The Hall–Kier alpha value is -0.630. The van der Waals surface area contributed by atoms with Crippen LogP contribution >= 0.6 is 12.6 Å². The third-order valence-electron chi connectivity index (χ3n) is 2.42.